The number of nitrogens with zero attached hydrogens (tertiary/aromatic N) is 1. The van der Waals surface area contributed by atoms with Crippen LogP contribution >= 0.6 is 0 Å². The Morgan fingerprint density at radius 3 is 2.38 bits per heavy atom. The van der Waals surface area contributed by atoms with Crippen LogP contribution in [0.25, 0.3) is 0 Å². The average molecular weight is 332 g/mol. The molecule has 5 heteroatoms. The van der Waals surface area contributed by atoms with E-state index in [1.165, 1.54) is 31.4 Å². The third-order valence-electron chi connectivity index (χ3n) is 4.22. The van der Waals surface area contributed by atoms with E-state index in [9.17, 15) is 9.59 Å². The molecule has 0 spiro atoms. The Kier molecular flexibility index (Phi) is 7.59. The maximum absolute atomic E-state index is 11.8. The van der Waals surface area contributed by atoms with Gasteiger partial charge in [0.2, 0.25) is 0 Å². The lowest BCUT2D eigenvalue weighted by atomic mass is 10.2. The summed E-state index contributed by atoms with van der Waals surface area (Å²) in [5.41, 5.74) is 1.92. The Labute approximate surface area is 144 Å². The molecule has 0 atom stereocenters. The van der Waals surface area contributed by atoms with Crippen LogP contribution in [0.5, 0.6) is 0 Å². The van der Waals surface area contributed by atoms with Gasteiger partial charge in [0.1, 0.15) is 0 Å². The van der Waals surface area contributed by atoms with Crippen molar-refractivity contribution in [1.82, 2.24) is 0 Å². The van der Waals surface area contributed by atoms with Gasteiger partial charge in [0.15, 0.2) is 6.61 Å². The number of nitrogens with one attached hydrogen (secondary N) is 1. The van der Waals surface area contributed by atoms with Crippen LogP contribution in [0.2, 0.25) is 0 Å². The van der Waals surface area contributed by atoms with E-state index in [4.69, 9.17) is 4.74 Å². The third kappa shape index (κ3) is 6.22. The van der Waals surface area contributed by atoms with Gasteiger partial charge in [0, 0.05) is 30.9 Å². The molecule has 1 saturated heterocycles. The lowest BCUT2D eigenvalue weighted by molar-refractivity contribution is -0.147. The van der Waals surface area contributed by atoms with Gasteiger partial charge in [-0.25, -0.2) is 0 Å². The summed E-state index contributed by atoms with van der Waals surface area (Å²) in [6, 6.07) is 7.87. The van der Waals surface area contributed by atoms with Crippen molar-refractivity contribution < 1.29 is 14.3 Å². The number of rotatable bonds is 7. The van der Waals surface area contributed by atoms with Crippen LogP contribution in [0.4, 0.5) is 11.4 Å². The number of benzene rings is 1. The Hall–Kier alpha value is -2.04. The van der Waals surface area contributed by atoms with Gasteiger partial charge < -0.3 is 15.0 Å². The molecule has 1 aromatic rings. The highest BCUT2D eigenvalue weighted by Crippen LogP contribution is 2.21. The lowest BCUT2D eigenvalue weighted by Gasteiger charge is -2.22. The first kappa shape index (κ1) is 18.3. The van der Waals surface area contributed by atoms with Crippen molar-refractivity contribution in [1.29, 1.82) is 0 Å². The van der Waals surface area contributed by atoms with Crippen LogP contribution in [-0.4, -0.2) is 31.6 Å². The molecule has 24 heavy (non-hydrogen) atoms. The third-order valence-corrected chi connectivity index (χ3v) is 4.22. The highest BCUT2D eigenvalue weighted by molar-refractivity contribution is 5.92. The van der Waals surface area contributed by atoms with E-state index in [0.29, 0.717) is 6.42 Å². The predicted molar refractivity (Wildman–Crippen MR) is 96.2 cm³/mol. The molecule has 0 aliphatic carbocycles. The van der Waals surface area contributed by atoms with Crippen LogP contribution in [0, 0.1) is 0 Å². The summed E-state index contributed by atoms with van der Waals surface area (Å²) < 4.78 is 4.95. The molecule has 5 nitrogen and oxygen atoms in total. The van der Waals surface area contributed by atoms with Gasteiger partial charge in [-0.2, -0.15) is 0 Å². The SMILES string of the molecule is CCCCC(=O)OCC(=O)Nc1ccc(N2CCCCCC2)cc1. The molecule has 132 valence electrons. The molecule has 1 aliphatic heterocycles. The van der Waals surface area contributed by atoms with E-state index >= 15 is 0 Å². The summed E-state index contributed by atoms with van der Waals surface area (Å²) in [7, 11) is 0. The largest absolute Gasteiger partial charge is 0.456 e. The van der Waals surface area contributed by atoms with Crippen molar-refractivity contribution >= 4 is 23.3 Å². The fraction of sp³-hybridized carbons (Fsp3) is 0.579. The summed E-state index contributed by atoms with van der Waals surface area (Å²) in [6.07, 6.45) is 7.18. The first-order valence-corrected chi connectivity index (χ1v) is 8.99. The summed E-state index contributed by atoms with van der Waals surface area (Å²) in [6.45, 7) is 3.98. The van der Waals surface area contributed by atoms with Crippen LogP contribution in [0.3, 0.4) is 0 Å². The second-order valence-corrected chi connectivity index (χ2v) is 6.26. The number of carbonyl (C=O) groups excluding carboxylic acids is 2. The Morgan fingerprint density at radius 1 is 1.08 bits per heavy atom. The summed E-state index contributed by atoms with van der Waals surface area (Å²) >= 11 is 0. The molecule has 0 aromatic heterocycles. The van der Waals surface area contributed by atoms with Gasteiger partial charge in [-0.15, -0.1) is 0 Å². The van der Waals surface area contributed by atoms with Crippen molar-refractivity contribution in [2.45, 2.75) is 51.9 Å². The molecule has 0 radical (unpaired) electrons. The number of ether oxygens (including phenoxy) is 1. The molecule has 1 fully saturated rings. The zero-order chi connectivity index (χ0) is 17.2. The minimum Gasteiger partial charge on any atom is -0.456 e. The molecular weight excluding hydrogens is 304 g/mol. The number of carbonyl (C=O) groups is 2. The monoisotopic (exact) mass is 332 g/mol. The minimum absolute atomic E-state index is 0.226. The standard InChI is InChI=1S/C19H28N2O3/c1-2-3-8-19(23)24-15-18(22)20-16-9-11-17(12-10-16)21-13-6-4-5-7-14-21/h9-12H,2-8,13-15H2,1H3,(H,20,22). The zero-order valence-corrected chi connectivity index (χ0v) is 14.6. The molecule has 1 aromatic carbocycles. The molecule has 0 saturated carbocycles. The molecule has 1 aliphatic rings. The van der Waals surface area contributed by atoms with Gasteiger partial charge in [0.25, 0.3) is 5.91 Å². The number of unbranched alkanes of at least 4 members (excludes halogenated alkanes) is 1. The van der Waals surface area contributed by atoms with Crippen molar-refractivity contribution in [3.8, 4) is 0 Å². The van der Waals surface area contributed by atoms with Gasteiger partial charge in [-0.1, -0.05) is 26.2 Å². The quantitative estimate of drug-likeness (QED) is 0.773. The highest BCUT2D eigenvalue weighted by atomic mass is 16.5. The molecule has 0 bridgehead atoms. The predicted octanol–water partition coefficient (Wildman–Crippen LogP) is 3.74. The van der Waals surface area contributed by atoms with E-state index in [-0.39, 0.29) is 18.5 Å². The number of amides is 1. The summed E-state index contributed by atoms with van der Waals surface area (Å²) in [4.78, 5) is 25.6. The zero-order valence-electron chi connectivity index (χ0n) is 14.6. The number of hydrogen-bond acceptors (Lipinski definition) is 4. The smallest absolute Gasteiger partial charge is 0.306 e. The second kappa shape index (κ2) is 9.96. The van der Waals surface area contributed by atoms with Gasteiger partial charge in [-0.3, -0.25) is 9.59 Å². The van der Waals surface area contributed by atoms with E-state index in [2.05, 4.69) is 10.2 Å². The minimum atomic E-state index is -0.316. The van der Waals surface area contributed by atoms with Gasteiger partial charge in [0.05, 0.1) is 0 Å². The van der Waals surface area contributed by atoms with Crippen molar-refractivity contribution in [3.63, 3.8) is 0 Å². The highest BCUT2D eigenvalue weighted by Gasteiger charge is 2.11. The fourth-order valence-electron chi connectivity index (χ4n) is 2.82. The van der Waals surface area contributed by atoms with Crippen LogP contribution < -0.4 is 10.2 Å². The molecule has 1 N–H and O–H groups in total. The molecular formula is C19H28N2O3. The normalized spacial score (nSPS) is 14.8. The second-order valence-electron chi connectivity index (χ2n) is 6.26. The Morgan fingerprint density at radius 2 is 1.75 bits per heavy atom. The maximum Gasteiger partial charge on any atom is 0.306 e. The van der Waals surface area contributed by atoms with Crippen LogP contribution in [0.15, 0.2) is 24.3 Å². The van der Waals surface area contributed by atoms with Gasteiger partial charge >= 0.3 is 5.97 Å². The number of anilines is 2. The summed E-state index contributed by atoms with van der Waals surface area (Å²) in [5.74, 6) is -0.620. The average Bonchev–Trinajstić information content (AvgIpc) is 2.88. The first-order valence-electron chi connectivity index (χ1n) is 8.99. The van der Waals surface area contributed by atoms with E-state index in [1.54, 1.807) is 0 Å². The Bertz CT molecular complexity index is 520. The van der Waals surface area contributed by atoms with Crippen molar-refractivity contribution in [2.24, 2.45) is 0 Å². The lowest BCUT2D eigenvalue weighted by Crippen LogP contribution is -2.24. The molecule has 1 amide bonds. The Balaban J connectivity index is 1.78. The first-order chi connectivity index (χ1) is 11.7. The fourth-order valence-corrected chi connectivity index (χ4v) is 2.82. The maximum atomic E-state index is 11.8. The molecule has 2 rings (SSSR count). The van der Waals surface area contributed by atoms with Crippen LogP contribution in [-0.2, 0) is 14.3 Å². The van der Waals surface area contributed by atoms with Crippen LogP contribution in [0.1, 0.15) is 51.9 Å². The number of hydrogen-bond donors (Lipinski definition) is 1. The van der Waals surface area contributed by atoms with Crippen molar-refractivity contribution in [3.05, 3.63) is 24.3 Å². The number of esters is 1. The molecule has 1 heterocycles. The van der Waals surface area contributed by atoms with E-state index in [0.717, 1.165) is 31.6 Å². The van der Waals surface area contributed by atoms with Crippen molar-refractivity contribution in [2.75, 3.05) is 29.9 Å². The summed E-state index contributed by atoms with van der Waals surface area (Å²) in [5, 5.41) is 2.76. The van der Waals surface area contributed by atoms with E-state index < -0.39 is 0 Å². The molecule has 0 unspecified atom stereocenters. The van der Waals surface area contributed by atoms with E-state index in [1.807, 2.05) is 31.2 Å². The topological polar surface area (TPSA) is 58.6 Å². The van der Waals surface area contributed by atoms with Gasteiger partial charge in [-0.05, 0) is 43.5 Å².